The summed E-state index contributed by atoms with van der Waals surface area (Å²) in [5, 5.41) is 11.5. The van der Waals surface area contributed by atoms with E-state index >= 15 is 0 Å². The zero-order valence-corrected chi connectivity index (χ0v) is 19.3. The van der Waals surface area contributed by atoms with Crippen LogP contribution in [0.3, 0.4) is 0 Å². The quantitative estimate of drug-likeness (QED) is 0.545. The summed E-state index contributed by atoms with van der Waals surface area (Å²) in [6.45, 7) is 5.29. The number of fused-ring (bicyclic) bond motifs is 1. The Balaban J connectivity index is 1.69. The van der Waals surface area contributed by atoms with Gasteiger partial charge in [0.2, 0.25) is 6.29 Å². The lowest BCUT2D eigenvalue weighted by Crippen LogP contribution is -2.65. The first-order valence-electron chi connectivity index (χ1n) is 10.8. The van der Waals surface area contributed by atoms with Crippen LogP contribution in [-0.2, 0) is 14.2 Å². The fraction of sp³-hybridized carbons (Fsp3) is 0.360. The van der Waals surface area contributed by atoms with Crippen LogP contribution in [0.5, 0.6) is 5.75 Å². The molecule has 1 aliphatic heterocycles. The van der Waals surface area contributed by atoms with Gasteiger partial charge in [-0.3, -0.25) is 0 Å². The highest BCUT2D eigenvalue weighted by Crippen LogP contribution is 2.35. The highest BCUT2D eigenvalue weighted by Gasteiger charge is 2.52. The van der Waals surface area contributed by atoms with E-state index in [0.717, 1.165) is 16.5 Å². The Morgan fingerprint density at radius 1 is 1.15 bits per heavy atom. The third-order valence-corrected chi connectivity index (χ3v) is 5.98. The molecular formula is C25H27NO8. The van der Waals surface area contributed by atoms with E-state index in [1.807, 2.05) is 37.3 Å². The summed E-state index contributed by atoms with van der Waals surface area (Å²) < 4.78 is 27.9. The van der Waals surface area contributed by atoms with Gasteiger partial charge < -0.3 is 34.2 Å². The van der Waals surface area contributed by atoms with Crippen LogP contribution in [0.1, 0.15) is 19.4 Å². The first-order valence-corrected chi connectivity index (χ1v) is 10.8. The molecule has 34 heavy (non-hydrogen) atoms. The van der Waals surface area contributed by atoms with Crippen LogP contribution in [0.4, 0.5) is 4.79 Å². The average molecular weight is 469 g/mol. The van der Waals surface area contributed by atoms with Crippen LogP contribution in [0.15, 0.2) is 57.7 Å². The molecule has 0 bridgehead atoms. The molecule has 1 aliphatic rings. The first-order chi connectivity index (χ1) is 16.1. The van der Waals surface area contributed by atoms with Gasteiger partial charge in [0.05, 0.1) is 11.2 Å². The summed E-state index contributed by atoms with van der Waals surface area (Å²) >= 11 is 0. The van der Waals surface area contributed by atoms with E-state index in [1.165, 1.54) is 7.11 Å². The molecule has 9 heteroatoms. The van der Waals surface area contributed by atoms with Gasteiger partial charge in [0.25, 0.3) is 0 Å². The fourth-order valence-electron chi connectivity index (χ4n) is 4.43. The number of methoxy groups -OCH3 is 1. The lowest BCUT2D eigenvalue weighted by Gasteiger charge is -2.47. The molecule has 4 atom stereocenters. The normalized spacial score (nSPS) is 24.0. The summed E-state index contributed by atoms with van der Waals surface area (Å²) in [7, 11) is 1.42. The molecule has 0 radical (unpaired) electrons. The molecule has 1 amide bonds. The molecule has 3 aromatic rings. The van der Waals surface area contributed by atoms with Crippen molar-refractivity contribution in [3.05, 3.63) is 64.5 Å². The molecule has 180 valence electrons. The number of hydrogen-bond acceptors (Lipinski definition) is 8. The zero-order chi connectivity index (χ0) is 24.6. The predicted molar refractivity (Wildman–Crippen MR) is 123 cm³/mol. The van der Waals surface area contributed by atoms with E-state index < -0.39 is 41.9 Å². The maximum Gasteiger partial charge on any atom is 0.405 e. The van der Waals surface area contributed by atoms with Gasteiger partial charge in [-0.15, -0.1) is 0 Å². The van der Waals surface area contributed by atoms with Crippen molar-refractivity contribution in [2.75, 3.05) is 7.11 Å². The van der Waals surface area contributed by atoms with Gasteiger partial charge >= 0.3 is 11.7 Å². The number of aliphatic hydroxyl groups excluding tert-OH is 1. The van der Waals surface area contributed by atoms with Crippen molar-refractivity contribution in [2.24, 2.45) is 5.73 Å². The molecule has 1 saturated heterocycles. The Morgan fingerprint density at radius 2 is 1.85 bits per heavy atom. The molecule has 3 N–H and O–H groups in total. The number of aryl methyl sites for hydroxylation is 1. The van der Waals surface area contributed by atoms with Crippen LogP contribution in [0.25, 0.3) is 22.1 Å². The van der Waals surface area contributed by atoms with Crippen molar-refractivity contribution in [3.63, 3.8) is 0 Å². The number of benzene rings is 2. The largest absolute Gasteiger partial charge is 0.461 e. The number of nitrogens with two attached hydrogens (primary N) is 1. The minimum absolute atomic E-state index is 0.282. The van der Waals surface area contributed by atoms with E-state index in [-0.39, 0.29) is 5.75 Å². The summed E-state index contributed by atoms with van der Waals surface area (Å²) in [4.78, 5) is 24.2. The van der Waals surface area contributed by atoms with E-state index in [2.05, 4.69) is 0 Å². The maximum atomic E-state index is 12.8. The lowest BCUT2D eigenvalue weighted by molar-refractivity contribution is -0.304. The van der Waals surface area contributed by atoms with Crippen LogP contribution in [-0.4, -0.2) is 48.5 Å². The molecule has 1 aromatic heterocycles. The van der Waals surface area contributed by atoms with Crippen molar-refractivity contribution in [1.29, 1.82) is 0 Å². The second-order valence-corrected chi connectivity index (χ2v) is 8.67. The van der Waals surface area contributed by atoms with E-state index in [1.54, 1.807) is 32.0 Å². The number of ether oxygens (including phenoxy) is 4. The van der Waals surface area contributed by atoms with Gasteiger partial charge in [0, 0.05) is 18.6 Å². The first kappa shape index (κ1) is 23.7. The highest BCUT2D eigenvalue weighted by molar-refractivity contribution is 5.87. The van der Waals surface area contributed by atoms with Crippen molar-refractivity contribution < 1.29 is 33.3 Å². The summed E-state index contributed by atoms with van der Waals surface area (Å²) in [5.41, 5.74) is 6.09. The third-order valence-electron chi connectivity index (χ3n) is 5.98. The van der Waals surface area contributed by atoms with Gasteiger partial charge in [0.15, 0.2) is 6.10 Å². The maximum absolute atomic E-state index is 12.8. The predicted octanol–water partition coefficient (Wildman–Crippen LogP) is 3.12. The summed E-state index contributed by atoms with van der Waals surface area (Å²) in [6.07, 6.45) is -5.60. The number of aliphatic hydroxyl groups is 1. The van der Waals surface area contributed by atoms with Crippen LogP contribution >= 0.6 is 0 Å². The summed E-state index contributed by atoms with van der Waals surface area (Å²) in [6, 6.07) is 14.3. The number of primary amides is 1. The van der Waals surface area contributed by atoms with Crippen molar-refractivity contribution >= 4 is 17.1 Å². The second kappa shape index (κ2) is 9.09. The van der Waals surface area contributed by atoms with Crippen molar-refractivity contribution in [3.8, 4) is 16.9 Å². The SMILES string of the molecule is COC1[C@H](O)[C@H](OC(N)=O)C(Oc2ccc3c(C)c(-c4ccccc4)c(=O)oc3c2)OC1(C)C. The highest BCUT2D eigenvalue weighted by atomic mass is 16.7. The van der Waals surface area contributed by atoms with Crippen molar-refractivity contribution in [2.45, 2.75) is 51.0 Å². The standard InChI is InChI=1S/C25H27NO8/c1-13-16-11-10-15(12-17(16)32-22(28)18(13)14-8-6-5-7-9-14)31-23-20(33-24(26)29)19(27)21(30-4)25(2,3)34-23/h5-12,19-21,23,27H,1-4H3,(H2,26,29)/t19-,20+,21?,23?/m1/s1. The van der Waals surface area contributed by atoms with Gasteiger partial charge in [-0.1, -0.05) is 30.3 Å². The molecule has 2 heterocycles. The number of carbonyl (C=O) groups excluding carboxylic acids is 1. The fourth-order valence-corrected chi connectivity index (χ4v) is 4.43. The average Bonchev–Trinajstić information content (AvgIpc) is 2.76. The molecule has 1 fully saturated rings. The molecule has 0 aliphatic carbocycles. The van der Waals surface area contributed by atoms with Gasteiger partial charge in [0.1, 0.15) is 23.5 Å². The molecule has 0 spiro atoms. The van der Waals surface area contributed by atoms with Crippen LogP contribution < -0.4 is 16.1 Å². The van der Waals surface area contributed by atoms with Gasteiger partial charge in [-0.2, -0.15) is 0 Å². The smallest absolute Gasteiger partial charge is 0.405 e. The molecule has 2 aromatic carbocycles. The van der Waals surface area contributed by atoms with Crippen LogP contribution in [0.2, 0.25) is 0 Å². The van der Waals surface area contributed by atoms with E-state index in [0.29, 0.717) is 11.1 Å². The van der Waals surface area contributed by atoms with Crippen LogP contribution in [0, 0.1) is 6.92 Å². The molecule has 4 rings (SSSR count). The molecular weight excluding hydrogens is 442 g/mol. The number of carbonyl (C=O) groups is 1. The Hall–Kier alpha value is -3.40. The number of rotatable bonds is 5. The minimum atomic E-state index is -1.26. The zero-order valence-electron chi connectivity index (χ0n) is 19.3. The Morgan fingerprint density at radius 3 is 2.50 bits per heavy atom. The number of hydrogen-bond donors (Lipinski definition) is 2. The van der Waals surface area contributed by atoms with Crippen molar-refractivity contribution in [1.82, 2.24) is 0 Å². The Kier molecular flexibility index (Phi) is 6.35. The minimum Gasteiger partial charge on any atom is -0.461 e. The molecule has 0 saturated carbocycles. The number of amides is 1. The monoisotopic (exact) mass is 469 g/mol. The van der Waals surface area contributed by atoms with E-state index in [9.17, 15) is 14.7 Å². The van der Waals surface area contributed by atoms with Gasteiger partial charge in [-0.25, -0.2) is 9.59 Å². The third kappa shape index (κ3) is 4.37. The summed E-state index contributed by atoms with van der Waals surface area (Å²) in [5.74, 6) is 0.282. The second-order valence-electron chi connectivity index (χ2n) is 8.67. The van der Waals surface area contributed by atoms with E-state index in [4.69, 9.17) is 29.1 Å². The Bertz CT molecular complexity index is 1250. The molecule has 9 nitrogen and oxygen atoms in total. The lowest BCUT2D eigenvalue weighted by atomic mass is 9.89. The topological polar surface area (TPSA) is 130 Å². The molecule has 2 unspecified atom stereocenters. The Labute approximate surface area is 196 Å². The van der Waals surface area contributed by atoms with Gasteiger partial charge in [-0.05, 0) is 44.0 Å².